The van der Waals surface area contributed by atoms with Crippen molar-refractivity contribution in [1.29, 1.82) is 5.26 Å². The number of nitrogens with one attached hydrogen (secondary N) is 2. The quantitative estimate of drug-likeness (QED) is 0.708. The Kier molecular flexibility index (Phi) is 6.62. The molecule has 0 radical (unpaired) electrons. The number of carbonyl (C=O) groups excluding carboxylic acids is 1. The largest absolute Gasteiger partial charge is 0.326 e. The van der Waals surface area contributed by atoms with Gasteiger partial charge in [0.1, 0.15) is 0 Å². The van der Waals surface area contributed by atoms with E-state index in [1.165, 1.54) is 11.0 Å². The fourth-order valence-electron chi connectivity index (χ4n) is 3.03. The third-order valence-electron chi connectivity index (χ3n) is 4.57. The molecule has 1 heterocycles. The number of anilines is 1. The first kappa shape index (κ1) is 20.2. The van der Waals surface area contributed by atoms with Crippen molar-refractivity contribution in [3.8, 4) is 6.19 Å². The van der Waals surface area contributed by atoms with E-state index in [1.54, 1.807) is 19.1 Å². The summed E-state index contributed by atoms with van der Waals surface area (Å²) >= 11 is 0. The molecule has 1 aromatic carbocycles. The van der Waals surface area contributed by atoms with Crippen LogP contribution < -0.4 is 10.0 Å². The fourth-order valence-corrected chi connectivity index (χ4v) is 4.56. The average Bonchev–Trinajstić information content (AvgIpc) is 3.03. The van der Waals surface area contributed by atoms with E-state index >= 15 is 0 Å². The minimum absolute atomic E-state index is 0.118. The van der Waals surface area contributed by atoms with Gasteiger partial charge in [-0.15, -0.1) is 0 Å². The van der Waals surface area contributed by atoms with E-state index in [0.717, 1.165) is 12.8 Å². The Morgan fingerprint density at radius 2 is 2.19 bits per heavy atom. The lowest BCUT2D eigenvalue weighted by Crippen LogP contribution is -2.36. The van der Waals surface area contributed by atoms with Crippen LogP contribution in [0.3, 0.4) is 0 Å². The Morgan fingerprint density at radius 3 is 2.81 bits per heavy atom. The second-order valence-electron chi connectivity index (χ2n) is 6.81. The number of nitriles is 1. The number of sulfonamides is 1. The van der Waals surface area contributed by atoms with Crippen LogP contribution >= 0.6 is 0 Å². The van der Waals surface area contributed by atoms with Crippen molar-refractivity contribution in [3.63, 3.8) is 0 Å². The Bertz CT molecular complexity index is 801. The highest BCUT2D eigenvalue weighted by molar-refractivity contribution is 7.89. The third kappa shape index (κ3) is 4.96. The van der Waals surface area contributed by atoms with Crippen molar-refractivity contribution in [1.82, 2.24) is 9.62 Å². The van der Waals surface area contributed by atoms with E-state index in [0.29, 0.717) is 30.8 Å². The summed E-state index contributed by atoms with van der Waals surface area (Å²) in [5.41, 5.74) is 1.07. The molecule has 0 spiro atoms. The molecule has 0 saturated carbocycles. The molecular formula is C18H26N4O3S. The number of nitrogens with zero attached hydrogens (tertiary/aromatic N) is 2. The lowest BCUT2D eigenvalue weighted by molar-refractivity contribution is -0.119. The molecule has 2 unspecified atom stereocenters. The first-order chi connectivity index (χ1) is 12.3. The Morgan fingerprint density at radius 1 is 1.46 bits per heavy atom. The third-order valence-corrected chi connectivity index (χ3v) is 6.23. The van der Waals surface area contributed by atoms with E-state index in [-0.39, 0.29) is 22.8 Å². The first-order valence-electron chi connectivity index (χ1n) is 8.85. The number of carbonyl (C=O) groups is 1. The number of hydrogen-bond donors (Lipinski definition) is 2. The maximum Gasteiger partial charge on any atom is 0.241 e. The molecule has 8 heteroatoms. The zero-order valence-electron chi connectivity index (χ0n) is 15.4. The van der Waals surface area contributed by atoms with Gasteiger partial charge in [0.15, 0.2) is 6.19 Å². The predicted octanol–water partition coefficient (Wildman–Crippen LogP) is 2.20. The summed E-state index contributed by atoms with van der Waals surface area (Å²) in [6, 6.07) is 4.59. The van der Waals surface area contributed by atoms with Gasteiger partial charge >= 0.3 is 0 Å². The molecule has 0 aromatic heterocycles. The number of rotatable bonds is 7. The van der Waals surface area contributed by atoms with Crippen molar-refractivity contribution in [2.75, 3.05) is 18.4 Å². The highest BCUT2D eigenvalue weighted by atomic mass is 32.2. The van der Waals surface area contributed by atoms with Gasteiger partial charge in [0.05, 0.1) is 4.90 Å². The lowest BCUT2D eigenvalue weighted by Gasteiger charge is -2.16. The molecule has 2 atom stereocenters. The van der Waals surface area contributed by atoms with E-state index in [4.69, 9.17) is 5.26 Å². The van der Waals surface area contributed by atoms with Crippen molar-refractivity contribution in [3.05, 3.63) is 23.8 Å². The zero-order valence-corrected chi connectivity index (χ0v) is 16.3. The van der Waals surface area contributed by atoms with Crippen molar-refractivity contribution in [2.24, 2.45) is 5.92 Å². The molecule has 2 N–H and O–H groups in total. The molecule has 26 heavy (non-hydrogen) atoms. The van der Waals surface area contributed by atoms with Crippen LogP contribution in [0.4, 0.5) is 5.69 Å². The summed E-state index contributed by atoms with van der Waals surface area (Å²) < 4.78 is 28.2. The van der Waals surface area contributed by atoms with Crippen LogP contribution in [0.25, 0.3) is 0 Å². The van der Waals surface area contributed by atoms with Crippen molar-refractivity contribution >= 4 is 21.6 Å². The normalized spacial score (nSPS) is 18.4. The minimum Gasteiger partial charge on any atom is -0.326 e. The second-order valence-corrected chi connectivity index (χ2v) is 8.49. The monoisotopic (exact) mass is 378 g/mol. The summed E-state index contributed by atoms with van der Waals surface area (Å²) in [7, 11) is -3.73. The van der Waals surface area contributed by atoms with Gasteiger partial charge in [-0.05, 0) is 37.5 Å². The molecule has 1 saturated heterocycles. The Hall–Kier alpha value is -2.11. The van der Waals surface area contributed by atoms with Gasteiger partial charge < -0.3 is 10.2 Å². The van der Waals surface area contributed by atoms with Gasteiger partial charge in [-0.2, -0.15) is 5.26 Å². The van der Waals surface area contributed by atoms with Gasteiger partial charge in [0.25, 0.3) is 0 Å². The van der Waals surface area contributed by atoms with E-state index < -0.39 is 10.0 Å². The predicted molar refractivity (Wildman–Crippen MR) is 99.8 cm³/mol. The van der Waals surface area contributed by atoms with Gasteiger partial charge in [0.2, 0.25) is 15.9 Å². The first-order valence-corrected chi connectivity index (χ1v) is 10.3. The zero-order chi connectivity index (χ0) is 19.3. The minimum atomic E-state index is -3.73. The highest BCUT2D eigenvalue weighted by Gasteiger charge is 2.28. The molecule has 1 aromatic rings. The van der Waals surface area contributed by atoms with E-state index in [2.05, 4.69) is 10.0 Å². The summed E-state index contributed by atoms with van der Waals surface area (Å²) in [4.78, 5) is 13.9. The van der Waals surface area contributed by atoms with Crippen LogP contribution in [0, 0.1) is 24.3 Å². The second kappa shape index (κ2) is 8.52. The summed E-state index contributed by atoms with van der Waals surface area (Å²) in [6.07, 6.45) is 4.32. The van der Waals surface area contributed by atoms with E-state index in [1.807, 2.05) is 20.0 Å². The SMILES string of the molecule is CCCC(C)C(=O)Nc1ccc(C)c(S(=O)(=O)NC2CCN(C#N)C2)c1. The van der Waals surface area contributed by atoms with Crippen LogP contribution in [0.15, 0.2) is 23.1 Å². The Labute approximate surface area is 155 Å². The molecule has 7 nitrogen and oxygen atoms in total. The number of aryl methyl sites for hydroxylation is 1. The molecule has 2 rings (SSSR count). The molecule has 0 bridgehead atoms. The number of hydrogen-bond acceptors (Lipinski definition) is 5. The molecule has 1 amide bonds. The topological polar surface area (TPSA) is 102 Å². The van der Waals surface area contributed by atoms with Crippen molar-refractivity contribution < 1.29 is 13.2 Å². The standard InChI is InChI=1S/C18H26N4O3S/c1-4-5-14(3)18(23)20-15-7-6-13(2)17(10-15)26(24,25)21-16-8-9-22(11-16)12-19/h6-7,10,14,16,21H,4-5,8-9,11H2,1-3H3,(H,20,23). The van der Waals surface area contributed by atoms with Crippen LogP contribution in [0.2, 0.25) is 0 Å². The summed E-state index contributed by atoms with van der Waals surface area (Å²) in [5, 5.41) is 11.7. The van der Waals surface area contributed by atoms with Crippen LogP contribution in [0.1, 0.15) is 38.7 Å². The molecule has 1 aliphatic heterocycles. The smallest absolute Gasteiger partial charge is 0.241 e. The molecule has 0 aliphatic carbocycles. The maximum absolute atomic E-state index is 12.8. The highest BCUT2D eigenvalue weighted by Crippen LogP contribution is 2.22. The average molecular weight is 378 g/mol. The van der Waals surface area contributed by atoms with E-state index in [9.17, 15) is 13.2 Å². The van der Waals surface area contributed by atoms with Gasteiger partial charge in [-0.3, -0.25) is 4.79 Å². The molecule has 142 valence electrons. The molecule has 1 aliphatic rings. The number of likely N-dealkylation sites (tertiary alicyclic amines) is 1. The Balaban J connectivity index is 2.15. The summed E-state index contributed by atoms with van der Waals surface area (Å²) in [6.45, 7) is 6.51. The van der Waals surface area contributed by atoms with Gasteiger partial charge in [0, 0.05) is 30.7 Å². The van der Waals surface area contributed by atoms with Crippen LogP contribution in [0.5, 0.6) is 0 Å². The summed E-state index contributed by atoms with van der Waals surface area (Å²) in [5.74, 6) is -0.248. The lowest BCUT2D eigenvalue weighted by atomic mass is 10.1. The fraction of sp³-hybridized carbons (Fsp3) is 0.556. The molecular weight excluding hydrogens is 352 g/mol. The number of benzene rings is 1. The van der Waals surface area contributed by atoms with Gasteiger partial charge in [-0.1, -0.05) is 26.3 Å². The molecule has 1 fully saturated rings. The van der Waals surface area contributed by atoms with Gasteiger partial charge in [-0.25, -0.2) is 13.1 Å². The maximum atomic E-state index is 12.8. The van der Waals surface area contributed by atoms with Crippen LogP contribution in [-0.4, -0.2) is 38.4 Å². The van der Waals surface area contributed by atoms with Crippen LogP contribution in [-0.2, 0) is 14.8 Å². The number of amides is 1. The van der Waals surface area contributed by atoms with Crippen molar-refractivity contribution in [2.45, 2.75) is 51.0 Å².